The van der Waals surface area contributed by atoms with Crippen LogP contribution in [0.4, 0.5) is 5.00 Å². The van der Waals surface area contributed by atoms with E-state index in [-0.39, 0.29) is 12.2 Å². The summed E-state index contributed by atoms with van der Waals surface area (Å²) in [4.78, 5) is 24.7. The molecular weight excluding hydrogens is 456 g/mol. The number of hydrogen-bond acceptors (Lipinski definition) is 7. The zero-order valence-electron chi connectivity index (χ0n) is 16.5. The van der Waals surface area contributed by atoms with Crippen LogP contribution < -0.4 is 5.32 Å². The Morgan fingerprint density at radius 2 is 1.93 bits per heavy atom. The quantitative estimate of drug-likeness (QED) is 0.335. The highest BCUT2D eigenvalue weighted by atomic mass is 79.9. The highest BCUT2D eigenvalue weighted by Gasteiger charge is 2.23. The SMILES string of the molecule is CCOC(=O)c1c(-c2ccc(Br)cc2)csc1NC=C(C#N)C(=O)OC(C)(C)C. The van der Waals surface area contributed by atoms with Crippen molar-refractivity contribution in [2.24, 2.45) is 0 Å². The van der Waals surface area contributed by atoms with Crippen molar-refractivity contribution in [3.05, 3.63) is 51.5 Å². The number of anilines is 1. The Kier molecular flexibility index (Phi) is 7.59. The maximum atomic E-state index is 12.6. The Morgan fingerprint density at radius 1 is 1.28 bits per heavy atom. The van der Waals surface area contributed by atoms with E-state index in [1.165, 1.54) is 17.5 Å². The zero-order chi connectivity index (χ0) is 21.6. The van der Waals surface area contributed by atoms with Crippen LogP contribution in [-0.2, 0) is 14.3 Å². The van der Waals surface area contributed by atoms with Crippen molar-refractivity contribution in [2.45, 2.75) is 33.3 Å². The van der Waals surface area contributed by atoms with Crippen molar-refractivity contribution in [1.82, 2.24) is 0 Å². The molecule has 152 valence electrons. The number of benzene rings is 1. The van der Waals surface area contributed by atoms with Crippen LogP contribution in [0.15, 0.2) is 45.9 Å². The number of nitriles is 1. The predicted molar refractivity (Wildman–Crippen MR) is 117 cm³/mol. The van der Waals surface area contributed by atoms with Gasteiger partial charge in [-0.2, -0.15) is 5.26 Å². The van der Waals surface area contributed by atoms with E-state index in [4.69, 9.17) is 9.47 Å². The second-order valence-electron chi connectivity index (χ2n) is 6.90. The average Bonchev–Trinajstić information content (AvgIpc) is 3.05. The summed E-state index contributed by atoms with van der Waals surface area (Å²) in [5, 5.41) is 14.5. The molecule has 1 heterocycles. The molecule has 29 heavy (non-hydrogen) atoms. The predicted octanol–water partition coefficient (Wildman–Crippen LogP) is 5.52. The normalized spacial score (nSPS) is 11.5. The molecule has 0 aliphatic carbocycles. The molecule has 0 fully saturated rings. The van der Waals surface area contributed by atoms with Gasteiger partial charge >= 0.3 is 11.9 Å². The van der Waals surface area contributed by atoms with Crippen molar-refractivity contribution in [1.29, 1.82) is 5.26 Å². The average molecular weight is 477 g/mol. The number of thiophene rings is 1. The maximum absolute atomic E-state index is 12.6. The smallest absolute Gasteiger partial charge is 0.350 e. The first-order valence-electron chi connectivity index (χ1n) is 8.81. The van der Waals surface area contributed by atoms with Crippen molar-refractivity contribution in [3.8, 4) is 17.2 Å². The molecule has 0 aliphatic heterocycles. The molecule has 0 saturated heterocycles. The van der Waals surface area contributed by atoms with Gasteiger partial charge in [0.15, 0.2) is 5.57 Å². The van der Waals surface area contributed by atoms with E-state index in [0.29, 0.717) is 16.1 Å². The molecule has 2 aromatic rings. The van der Waals surface area contributed by atoms with E-state index in [2.05, 4.69) is 21.2 Å². The molecule has 0 bridgehead atoms. The van der Waals surface area contributed by atoms with E-state index in [9.17, 15) is 14.9 Å². The van der Waals surface area contributed by atoms with Crippen LogP contribution >= 0.6 is 27.3 Å². The maximum Gasteiger partial charge on any atom is 0.350 e. The lowest BCUT2D eigenvalue weighted by Gasteiger charge is -2.18. The van der Waals surface area contributed by atoms with Gasteiger partial charge in [-0.15, -0.1) is 11.3 Å². The minimum atomic E-state index is -0.741. The topological polar surface area (TPSA) is 88.4 Å². The van der Waals surface area contributed by atoms with Gasteiger partial charge in [-0.1, -0.05) is 28.1 Å². The Morgan fingerprint density at radius 3 is 2.48 bits per heavy atom. The van der Waals surface area contributed by atoms with Gasteiger partial charge < -0.3 is 14.8 Å². The number of esters is 2. The Bertz CT molecular complexity index is 966. The van der Waals surface area contributed by atoms with Crippen molar-refractivity contribution < 1.29 is 19.1 Å². The molecule has 0 amide bonds. The summed E-state index contributed by atoms with van der Waals surface area (Å²) in [5.74, 6) is -1.23. The fourth-order valence-electron chi connectivity index (χ4n) is 2.32. The third kappa shape index (κ3) is 6.17. The molecule has 1 N–H and O–H groups in total. The van der Waals surface area contributed by atoms with Gasteiger partial charge in [-0.3, -0.25) is 0 Å². The van der Waals surface area contributed by atoms with Crippen molar-refractivity contribution >= 4 is 44.2 Å². The lowest BCUT2D eigenvalue weighted by molar-refractivity contribution is -0.149. The van der Waals surface area contributed by atoms with Crippen LogP contribution in [0.5, 0.6) is 0 Å². The molecule has 0 radical (unpaired) electrons. The lowest BCUT2D eigenvalue weighted by atomic mass is 10.0. The van der Waals surface area contributed by atoms with Gasteiger partial charge in [0.25, 0.3) is 0 Å². The molecule has 0 unspecified atom stereocenters. The van der Waals surface area contributed by atoms with Gasteiger partial charge in [0, 0.05) is 21.6 Å². The molecular formula is C21H21BrN2O4S. The third-order valence-corrected chi connectivity index (χ3v) is 4.95. The van der Waals surface area contributed by atoms with Crippen LogP contribution in [-0.4, -0.2) is 24.1 Å². The van der Waals surface area contributed by atoms with E-state index in [1.54, 1.807) is 27.7 Å². The number of ether oxygens (including phenoxy) is 2. The summed E-state index contributed by atoms with van der Waals surface area (Å²) in [7, 11) is 0. The molecule has 1 aromatic heterocycles. The fraction of sp³-hybridized carbons (Fsp3) is 0.286. The first kappa shape index (κ1) is 22.7. The van der Waals surface area contributed by atoms with Gasteiger partial charge in [-0.25, -0.2) is 9.59 Å². The standard InChI is InChI=1S/C21H21BrN2O4S/c1-5-27-20(26)17-16(13-6-8-15(22)9-7-13)12-29-18(17)24-11-14(10-23)19(25)28-21(2,3)4/h6-9,11-12,24H,5H2,1-4H3. The second kappa shape index (κ2) is 9.72. The molecule has 0 spiro atoms. The number of rotatable bonds is 6. The van der Waals surface area contributed by atoms with Crippen LogP contribution in [0.2, 0.25) is 0 Å². The zero-order valence-corrected chi connectivity index (χ0v) is 18.9. The number of nitrogens with zero attached hydrogens (tertiary/aromatic N) is 1. The Labute approximate surface area is 182 Å². The van der Waals surface area contributed by atoms with Crippen LogP contribution in [0.25, 0.3) is 11.1 Å². The number of carbonyl (C=O) groups excluding carboxylic acids is 2. The second-order valence-corrected chi connectivity index (χ2v) is 8.69. The molecule has 2 rings (SSSR count). The van der Waals surface area contributed by atoms with E-state index >= 15 is 0 Å². The highest BCUT2D eigenvalue weighted by molar-refractivity contribution is 9.10. The summed E-state index contributed by atoms with van der Waals surface area (Å²) in [6.07, 6.45) is 1.24. The van der Waals surface area contributed by atoms with Crippen molar-refractivity contribution in [2.75, 3.05) is 11.9 Å². The third-order valence-electron chi connectivity index (χ3n) is 3.51. The summed E-state index contributed by atoms with van der Waals surface area (Å²) < 4.78 is 11.3. The van der Waals surface area contributed by atoms with E-state index in [0.717, 1.165) is 10.0 Å². The summed E-state index contributed by atoms with van der Waals surface area (Å²) in [6.45, 7) is 7.11. The van der Waals surface area contributed by atoms with Gasteiger partial charge in [-0.05, 0) is 45.4 Å². The number of carbonyl (C=O) groups is 2. The monoisotopic (exact) mass is 476 g/mol. The first-order chi connectivity index (χ1) is 13.7. The lowest BCUT2D eigenvalue weighted by Crippen LogP contribution is -2.24. The molecule has 0 saturated carbocycles. The van der Waals surface area contributed by atoms with Crippen molar-refractivity contribution in [3.63, 3.8) is 0 Å². The number of halogens is 1. The first-order valence-corrected chi connectivity index (χ1v) is 10.5. The fourth-order valence-corrected chi connectivity index (χ4v) is 3.51. The van der Waals surface area contributed by atoms with Crippen LogP contribution in [0.3, 0.4) is 0 Å². The van der Waals surface area contributed by atoms with Gasteiger partial charge in [0.1, 0.15) is 22.2 Å². The minimum absolute atomic E-state index is 0.201. The number of nitrogens with one attached hydrogen (secondary N) is 1. The Hall–Kier alpha value is -2.63. The summed E-state index contributed by atoms with van der Waals surface area (Å²) >= 11 is 4.67. The largest absolute Gasteiger partial charge is 0.462 e. The number of hydrogen-bond donors (Lipinski definition) is 1. The molecule has 8 heteroatoms. The van der Waals surface area contributed by atoms with E-state index in [1.807, 2.05) is 35.7 Å². The highest BCUT2D eigenvalue weighted by Crippen LogP contribution is 2.36. The summed E-state index contributed by atoms with van der Waals surface area (Å²) in [5.41, 5.74) is 0.968. The Balaban J connectivity index is 2.39. The van der Waals surface area contributed by atoms with Crippen LogP contribution in [0, 0.1) is 11.3 Å². The molecule has 0 aliphatic rings. The van der Waals surface area contributed by atoms with Gasteiger partial charge in [0.2, 0.25) is 0 Å². The minimum Gasteiger partial charge on any atom is -0.462 e. The van der Waals surface area contributed by atoms with Crippen LogP contribution in [0.1, 0.15) is 38.1 Å². The van der Waals surface area contributed by atoms with E-state index < -0.39 is 17.5 Å². The summed E-state index contributed by atoms with van der Waals surface area (Å²) in [6, 6.07) is 9.35. The van der Waals surface area contributed by atoms with Gasteiger partial charge in [0.05, 0.1) is 6.61 Å². The molecule has 6 nitrogen and oxygen atoms in total. The molecule has 1 aromatic carbocycles. The molecule has 0 atom stereocenters.